The van der Waals surface area contributed by atoms with Gasteiger partial charge in [0.05, 0.1) is 11.4 Å². The van der Waals surface area contributed by atoms with Crippen molar-refractivity contribution in [2.75, 3.05) is 20.3 Å². The maximum atomic E-state index is 11.4. The molecule has 1 N–H and O–H groups in total. The Hall–Kier alpha value is -0.0900. The Morgan fingerprint density at radius 1 is 1.54 bits per heavy atom. The van der Waals surface area contributed by atoms with Crippen molar-refractivity contribution in [3.05, 3.63) is 0 Å². The van der Waals surface area contributed by atoms with Gasteiger partial charge in [-0.3, -0.25) is 4.79 Å². The Morgan fingerprint density at radius 3 is 2.46 bits per heavy atom. The molecule has 0 aromatic rings. The number of ether oxygens (including phenoxy) is 1. The Morgan fingerprint density at radius 2 is 2.08 bits per heavy atom. The summed E-state index contributed by atoms with van der Waals surface area (Å²) in [6.07, 6.45) is 0. The summed E-state index contributed by atoms with van der Waals surface area (Å²) in [5.74, 6) is 0.0630. The summed E-state index contributed by atoms with van der Waals surface area (Å²) in [6.45, 7) is 6.88. The van der Waals surface area contributed by atoms with Crippen molar-refractivity contribution in [1.29, 1.82) is 0 Å². The molecule has 13 heavy (non-hydrogen) atoms. The lowest BCUT2D eigenvalue weighted by Gasteiger charge is -2.19. The normalized spacial score (nSPS) is 13.9. The highest BCUT2D eigenvalue weighted by atomic mass is 79.9. The monoisotopic (exact) mass is 251 g/mol. The van der Waals surface area contributed by atoms with Gasteiger partial charge in [-0.05, 0) is 0 Å². The van der Waals surface area contributed by atoms with E-state index in [2.05, 4.69) is 21.2 Å². The van der Waals surface area contributed by atoms with Crippen LogP contribution in [0.5, 0.6) is 0 Å². The van der Waals surface area contributed by atoms with Crippen LogP contribution in [-0.4, -0.2) is 31.0 Å². The van der Waals surface area contributed by atoms with E-state index in [1.165, 1.54) is 0 Å². The molecule has 4 heteroatoms. The molecule has 0 aromatic carbocycles. The fraction of sp³-hybridized carbons (Fsp3) is 0.889. The third kappa shape index (κ3) is 6.05. The summed E-state index contributed by atoms with van der Waals surface area (Å²) < 4.78 is 4.92. The molecule has 0 aliphatic rings. The molecule has 78 valence electrons. The molecule has 0 heterocycles. The van der Waals surface area contributed by atoms with Gasteiger partial charge >= 0.3 is 0 Å². The van der Waals surface area contributed by atoms with Crippen LogP contribution in [0.25, 0.3) is 0 Å². The maximum Gasteiger partial charge on any atom is 0.225 e. The molecule has 3 nitrogen and oxygen atoms in total. The van der Waals surface area contributed by atoms with Crippen molar-refractivity contribution in [1.82, 2.24) is 5.32 Å². The Labute approximate surface area is 88.4 Å². The average Bonchev–Trinajstić information content (AvgIpc) is 1.99. The molecule has 0 saturated heterocycles. The highest BCUT2D eigenvalue weighted by Crippen LogP contribution is 2.12. The second-order valence-corrected chi connectivity index (χ2v) is 5.31. The van der Waals surface area contributed by atoms with E-state index in [0.29, 0.717) is 13.2 Å². The summed E-state index contributed by atoms with van der Waals surface area (Å²) >= 11 is 3.39. The number of carbonyl (C=O) groups is 1. The Kier molecular flexibility index (Phi) is 5.56. The molecule has 1 unspecified atom stereocenters. The van der Waals surface area contributed by atoms with Crippen molar-refractivity contribution >= 4 is 21.8 Å². The minimum atomic E-state index is -0.320. The zero-order valence-electron chi connectivity index (χ0n) is 8.69. The van der Waals surface area contributed by atoms with Crippen molar-refractivity contribution in [2.24, 2.45) is 5.41 Å². The summed E-state index contributed by atoms with van der Waals surface area (Å²) in [5, 5.41) is 2.84. The fourth-order valence-electron chi connectivity index (χ4n) is 0.708. The number of carbonyl (C=O) groups excluding carboxylic acids is 1. The average molecular weight is 252 g/mol. The first kappa shape index (κ1) is 12.9. The Bertz CT molecular complexity index is 165. The molecule has 0 spiro atoms. The molecule has 0 radical (unpaired) electrons. The lowest BCUT2D eigenvalue weighted by Crippen LogP contribution is -2.38. The van der Waals surface area contributed by atoms with Crippen LogP contribution in [0.4, 0.5) is 0 Å². The molecule has 0 fully saturated rings. The lowest BCUT2D eigenvalue weighted by atomic mass is 9.96. The standard InChI is InChI=1S/C9H18BrNO2/c1-9(2,3)8(12)11-5-7(10)6-13-4/h7H,5-6H2,1-4H3,(H,11,12). The number of rotatable bonds is 4. The van der Waals surface area contributed by atoms with Crippen molar-refractivity contribution in [2.45, 2.75) is 25.6 Å². The van der Waals surface area contributed by atoms with Crippen molar-refractivity contribution in [3.63, 3.8) is 0 Å². The van der Waals surface area contributed by atoms with E-state index in [-0.39, 0.29) is 16.1 Å². The molecule has 0 aromatic heterocycles. The van der Waals surface area contributed by atoms with E-state index in [9.17, 15) is 4.79 Å². The number of amides is 1. The molecule has 1 amide bonds. The minimum Gasteiger partial charge on any atom is -0.383 e. The number of alkyl halides is 1. The van der Waals surface area contributed by atoms with Gasteiger partial charge in [0.2, 0.25) is 5.91 Å². The summed E-state index contributed by atoms with van der Waals surface area (Å²) in [5.41, 5.74) is -0.320. The number of halogens is 1. The predicted molar refractivity (Wildman–Crippen MR) is 57.1 cm³/mol. The van der Waals surface area contributed by atoms with Crippen LogP contribution in [0, 0.1) is 5.41 Å². The van der Waals surface area contributed by atoms with Crippen LogP contribution in [0.1, 0.15) is 20.8 Å². The molecule has 0 bridgehead atoms. The van der Waals surface area contributed by atoms with Gasteiger partial charge in [-0.1, -0.05) is 36.7 Å². The third-order valence-corrected chi connectivity index (χ3v) is 2.10. The second-order valence-electron chi connectivity index (χ2n) is 4.01. The highest BCUT2D eigenvalue weighted by molar-refractivity contribution is 9.09. The smallest absolute Gasteiger partial charge is 0.225 e. The van der Waals surface area contributed by atoms with Crippen molar-refractivity contribution in [3.8, 4) is 0 Å². The van der Waals surface area contributed by atoms with E-state index in [4.69, 9.17) is 4.74 Å². The number of hydrogen-bond acceptors (Lipinski definition) is 2. The van der Waals surface area contributed by atoms with E-state index in [1.807, 2.05) is 20.8 Å². The van der Waals surface area contributed by atoms with Crippen molar-refractivity contribution < 1.29 is 9.53 Å². The Balaban J connectivity index is 3.71. The quantitative estimate of drug-likeness (QED) is 0.771. The van der Waals surface area contributed by atoms with Gasteiger partial charge in [0, 0.05) is 19.1 Å². The van der Waals surface area contributed by atoms with Gasteiger partial charge in [0.15, 0.2) is 0 Å². The highest BCUT2D eigenvalue weighted by Gasteiger charge is 2.21. The SMILES string of the molecule is COCC(Br)CNC(=O)C(C)(C)C. The molecular weight excluding hydrogens is 234 g/mol. The maximum absolute atomic E-state index is 11.4. The van der Waals surface area contributed by atoms with Crippen LogP contribution >= 0.6 is 15.9 Å². The van der Waals surface area contributed by atoms with Gasteiger partial charge in [-0.15, -0.1) is 0 Å². The van der Waals surface area contributed by atoms with Crippen LogP contribution < -0.4 is 5.32 Å². The van der Waals surface area contributed by atoms with E-state index in [0.717, 1.165) is 0 Å². The first-order chi connectivity index (χ1) is 5.88. The van der Waals surface area contributed by atoms with Crippen LogP contribution in [0.2, 0.25) is 0 Å². The molecule has 1 atom stereocenters. The van der Waals surface area contributed by atoms with E-state index in [1.54, 1.807) is 7.11 Å². The number of methoxy groups -OCH3 is 1. The molecule has 0 rings (SSSR count). The molecular formula is C9H18BrNO2. The predicted octanol–water partition coefficient (Wildman–Crippen LogP) is 1.56. The fourth-order valence-corrected chi connectivity index (χ4v) is 1.13. The summed E-state index contributed by atoms with van der Waals surface area (Å²) in [7, 11) is 1.64. The first-order valence-electron chi connectivity index (χ1n) is 4.29. The zero-order valence-corrected chi connectivity index (χ0v) is 10.3. The van der Waals surface area contributed by atoms with Crippen LogP contribution in [0.3, 0.4) is 0 Å². The van der Waals surface area contributed by atoms with E-state index < -0.39 is 0 Å². The molecule has 0 aliphatic heterocycles. The van der Waals surface area contributed by atoms with Gasteiger partial charge in [0.25, 0.3) is 0 Å². The van der Waals surface area contributed by atoms with Gasteiger partial charge in [0.1, 0.15) is 0 Å². The zero-order chi connectivity index (χ0) is 10.5. The van der Waals surface area contributed by atoms with Gasteiger partial charge in [-0.25, -0.2) is 0 Å². The van der Waals surface area contributed by atoms with Crippen LogP contribution in [0.15, 0.2) is 0 Å². The molecule has 0 saturated carbocycles. The summed E-state index contributed by atoms with van der Waals surface area (Å²) in [6, 6.07) is 0. The third-order valence-electron chi connectivity index (χ3n) is 1.51. The lowest BCUT2D eigenvalue weighted by molar-refractivity contribution is -0.128. The van der Waals surface area contributed by atoms with E-state index >= 15 is 0 Å². The summed E-state index contributed by atoms with van der Waals surface area (Å²) in [4.78, 5) is 11.6. The first-order valence-corrected chi connectivity index (χ1v) is 5.20. The van der Waals surface area contributed by atoms with Gasteiger partial charge < -0.3 is 10.1 Å². The van der Waals surface area contributed by atoms with Gasteiger partial charge in [-0.2, -0.15) is 0 Å². The number of hydrogen-bond donors (Lipinski definition) is 1. The largest absolute Gasteiger partial charge is 0.383 e. The van der Waals surface area contributed by atoms with Crippen LogP contribution in [-0.2, 0) is 9.53 Å². The number of nitrogens with one attached hydrogen (secondary N) is 1. The topological polar surface area (TPSA) is 38.3 Å². The second kappa shape index (κ2) is 5.60. The minimum absolute atomic E-state index is 0.0630. The molecule has 0 aliphatic carbocycles.